The second-order valence-corrected chi connectivity index (χ2v) is 5.46. The number of aryl methyl sites for hydroxylation is 1. The number of likely N-dealkylation sites (tertiary alicyclic amines) is 1. The quantitative estimate of drug-likeness (QED) is 0.862. The van der Waals surface area contributed by atoms with Crippen LogP contribution in [-0.2, 0) is 0 Å². The first-order valence-corrected chi connectivity index (χ1v) is 7.06. The number of hydrogen-bond donors (Lipinski definition) is 1. The van der Waals surface area contributed by atoms with Crippen LogP contribution in [0.5, 0.6) is 0 Å². The van der Waals surface area contributed by atoms with E-state index >= 15 is 0 Å². The van der Waals surface area contributed by atoms with Gasteiger partial charge in [0.1, 0.15) is 0 Å². The average molecular weight is 269 g/mol. The van der Waals surface area contributed by atoms with Gasteiger partial charge in [-0.1, -0.05) is 18.2 Å². The minimum Gasteiger partial charge on any atom is -0.338 e. The number of rotatable bonds is 1. The highest BCUT2D eigenvalue weighted by Gasteiger charge is 2.23. The highest BCUT2D eigenvalue weighted by Crippen LogP contribution is 2.20. The first kappa shape index (κ1) is 13.1. The minimum atomic E-state index is 0.0700. The number of nitrogens with zero attached hydrogens (tertiary/aromatic N) is 2. The summed E-state index contributed by atoms with van der Waals surface area (Å²) in [4.78, 5) is 19.1. The molecule has 1 saturated heterocycles. The maximum Gasteiger partial charge on any atom is 0.256 e. The SMILES string of the molecule is Cc1ccc2cccc(C(=O)N3CCC(N)CC3)c2n1. The topological polar surface area (TPSA) is 59.2 Å². The van der Waals surface area contributed by atoms with Crippen LogP contribution in [0.15, 0.2) is 30.3 Å². The summed E-state index contributed by atoms with van der Waals surface area (Å²) in [6.07, 6.45) is 1.76. The van der Waals surface area contributed by atoms with E-state index in [1.807, 2.05) is 42.2 Å². The van der Waals surface area contributed by atoms with Crippen LogP contribution in [0.2, 0.25) is 0 Å². The second-order valence-electron chi connectivity index (χ2n) is 5.46. The normalized spacial score (nSPS) is 16.6. The number of pyridine rings is 1. The third-order valence-corrected chi connectivity index (χ3v) is 3.92. The molecule has 104 valence electrons. The van der Waals surface area contributed by atoms with Crippen molar-refractivity contribution in [1.29, 1.82) is 0 Å². The lowest BCUT2D eigenvalue weighted by molar-refractivity contribution is 0.0716. The van der Waals surface area contributed by atoms with Crippen molar-refractivity contribution in [2.24, 2.45) is 5.73 Å². The zero-order chi connectivity index (χ0) is 14.1. The van der Waals surface area contributed by atoms with Crippen molar-refractivity contribution >= 4 is 16.8 Å². The number of aromatic nitrogens is 1. The molecule has 1 aromatic heterocycles. The van der Waals surface area contributed by atoms with E-state index < -0.39 is 0 Å². The van der Waals surface area contributed by atoms with Crippen molar-refractivity contribution in [3.8, 4) is 0 Å². The molecule has 0 bridgehead atoms. The van der Waals surface area contributed by atoms with Crippen molar-refractivity contribution in [2.45, 2.75) is 25.8 Å². The summed E-state index contributed by atoms with van der Waals surface area (Å²) in [6, 6.07) is 9.99. The third kappa shape index (κ3) is 2.39. The Balaban J connectivity index is 1.97. The van der Waals surface area contributed by atoms with Crippen LogP contribution in [0.1, 0.15) is 28.9 Å². The zero-order valence-corrected chi connectivity index (χ0v) is 11.7. The molecule has 0 aliphatic carbocycles. The van der Waals surface area contributed by atoms with Crippen LogP contribution in [0.3, 0.4) is 0 Å². The van der Waals surface area contributed by atoms with E-state index in [4.69, 9.17) is 5.73 Å². The van der Waals surface area contributed by atoms with Gasteiger partial charge in [-0.3, -0.25) is 9.78 Å². The van der Waals surface area contributed by atoms with E-state index in [2.05, 4.69) is 4.98 Å². The Morgan fingerprint density at radius 2 is 2.00 bits per heavy atom. The molecule has 1 aromatic carbocycles. The molecular formula is C16H19N3O. The van der Waals surface area contributed by atoms with E-state index in [1.165, 1.54) is 0 Å². The Morgan fingerprint density at radius 3 is 2.75 bits per heavy atom. The fourth-order valence-corrected chi connectivity index (χ4v) is 2.69. The fourth-order valence-electron chi connectivity index (χ4n) is 2.69. The molecule has 0 unspecified atom stereocenters. The van der Waals surface area contributed by atoms with Gasteiger partial charge in [0.15, 0.2) is 0 Å². The first-order chi connectivity index (χ1) is 9.65. The number of carbonyl (C=O) groups excluding carboxylic acids is 1. The van der Waals surface area contributed by atoms with Crippen molar-refractivity contribution < 1.29 is 4.79 Å². The first-order valence-electron chi connectivity index (χ1n) is 7.06. The van der Waals surface area contributed by atoms with E-state index in [0.29, 0.717) is 5.56 Å². The molecule has 0 radical (unpaired) electrons. The van der Waals surface area contributed by atoms with Crippen LogP contribution in [-0.4, -0.2) is 34.9 Å². The summed E-state index contributed by atoms with van der Waals surface area (Å²) >= 11 is 0. The number of hydrogen-bond acceptors (Lipinski definition) is 3. The Bertz CT molecular complexity index is 645. The molecule has 0 atom stereocenters. The molecule has 1 aliphatic heterocycles. The van der Waals surface area contributed by atoms with Crippen LogP contribution in [0.4, 0.5) is 0 Å². The summed E-state index contributed by atoms with van der Waals surface area (Å²) < 4.78 is 0. The summed E-state index contributed by atoms with van der Waals surface area (Å²) in [6.45, 7) is 3.42. The van der Waals surface area contributed by atoms with Crippen LogP contribution >= 0.6 is 0 Å². The number of nitrogens with two attached hydrogens (primary N) is 1. The highest BCUT2D eigenvalue weighted by molar-refractivity contribution is 6.05. The van der Waals surface area contributed by atoms with Gasteiger partial charge in [0.2, 0.25) is 0 Å². The van der Waals surface area contributed by atoms with Crippen molar-refractivity contribution in [1.82, 2.24) is 9.88 Å². The number of amides is 1. The van der Waals surface area contributed by atoms with Crippen molar-refractivity contribution in [3.05, 3.63) is 41.6 Å². The van der Waals surface area contributed by atoms with Crippen LogP contribution < -0.4 is 5.73 Å². The molecule has 20 heavy (non-hydrogen) atoms. The highest BCUT2D eigenvalue weighted by atomic mass is 16.2. The second kappa shape index (κ2) is 5.21. The van der Waals surface area contributed by atoms with Gasteiger partial charge in [-0.25, -0.2) is 0 Å². The predicted molar refractivity (Wildman–Crippen MR) is 79.6 cm³/mol. The van der Waals surface area contributed by atoms with E-state index in [9.17, 15) is 4.79 Å². The lowest BCUT2D eigenvalue weighted by Crippen LogP contribution is -2.42. The predicted octanol–water partition coefficient (Wildman–Crippen LogP) is 2.11. The van der Waals surface area contributed by atoms with Gasteiger partial charge in [0, 0.05) is 30.2 Å². The average Bonchev–Trinajstić information content (AvgIpc) is 2.46. The Morgan fingerprint density at radius 1 is 1.25 bits per heavy atom. The number of carbonyl (C=O) groups is 1. The Labute approximate surface area is 118 Å². The summed E-state index contributed by atoms with van der Waals surface area (Å²) in [5, 5.41) is 1.01. The summed E-state index contributed by atoms with van der Waals surface area (Å²) in [5.74, 6) is 0.0700. The molecule has 4 nitrogen and oxygen atoms in total. The van der Waals surface area contributed by atoms with Gasteiger partial charge in [-0.2, -0.15) is 0 Å². The van der Waals surface area contributed by atoms with Gasteiger partial charge < -0.3 is 10.6 Å². The van der Waals surface area contributed by atoms with Gasteiger partial charge >= 0.3 is 0 Å². The maximum atomic E-state index is 12.7. The zero-order valence-electron chi connectivity index (χ0n) is 11.7. The molecular weight excluding hydrogens is 250 g/mol. The van der Waals surface area contributed by atoms with Crippen LogP contribution in [0.25, 0.3) is 10.9 Å². The van der Waals surface area contributed by atoms with Gasteiger partial charge in [0.05, 0.1) is 11.1 Å². The molecule has 0 spiro atoms. The standard InChI is InChI=1S/C16H19N3O/c1-11-5-6-12-3-2-4-14(15(12)18-11)16(20)19-9-7-13(17)8-10-19/h2-6,13H,7-10,17H2,1H3. The fraction of sp³-hybridized carbons (Fsp3) is 0.375. The van der Waals surface area contributed by atoms with Crippen molar-refractivity contribution in [3.63, 3.8) is 0 Å². The smallest absolute Gasteiger partial charge is 0.256 e. The van der Waals surface area contributed by atoms with Crippen LogP contribution in [0, 0.1) is 6.92 Å². The number of fused-ring (bicyclic) bond motifs is 1. The van der Waals surface area contributed by atoms with E-state index in [-0.39, 0.29) is 11.9 Å². The van der Waals surface area contributed by atoms with Gasteiger partial charge in [-0.05, 0) is 31.9 Å². The van der Waals surface area contributed by atoms with E-state index in [1.54, 1.807) is 0 Å². The molecule has 1 amide bonds. The Kier molecular flexibility index (Phi) is 3.40. The molecule has 2 aromatic rings. The molecule has 3 rings (SSSR count). The van der Waals surface area contributed by atoms with Gasteiger partial charge in [0.25, 0.3) is 5.91 Å². The maximum absolute atomic E-state index is 12.7. The Hall–Kier alpha value is -1.94. The lowest BCUT2D eigenvalue weighted by atomic mass is 10.0. The summed E-state index contributed by atoms with van der Waals surface area (Å²) in [5.41, 5.74) is 8.32. The molecule has 0 saturated carbocycles. The molecule has 2 N–H and O–H groups in total. The third-order valence-electron chi connectivity index (χ3n) is 3.92. The molecule has 2 heterocycles. The minimum absolute atomic E-state index is 0.0700. The van der Waals surface area contributed by atoms with Gasteiger partial charge in [-0.15, -0.1) is 0 Å². The monoisotopic (exact) mass is 269 g/mol. The van der Waals surface area contributed by atoms with Crippen molar-refractivity contribution in [2.75, 3.05) is 13.1 Å². The molecule has 4 heteroatoms. The molecule has 1 aliphatic rings. The lowest BCUT2D eigenvalue weighted by Gasteiger charge is -2.30. The number of para-hydroxylation sites is 1. The number of piperidine rings is 1. The molecule has 1 fully saturated rings. The largest absolute Gasteiger partial charge is 0.338 e. The van der Waals surface area contributed by atoms with E-state index in [0.717, 1.165) is 42.5 Å². The number of benzene rings is 1. The summed E-state index contributed by atoms with van der Waals surface area (Å²) in [7, 11) is 0.